The highest BCUT2D eigenvalue weighted by atomic mass is 35.5. The maximum Gasteiger partial charge on any atom is 0.260 e. The molecule has 0 saturated carbocycles. The van der Waals surface area contributed by atoms with Crippen LogP contribution in [0, 0.1) is 0 Å². The molecule has 1 aliphatic heterocycles. The van der Waals surface area contributed by atoms with Crippen LogP contribution < -0.4 is 14.2 Å². The van der Waals surface area contributed by atoms with Crippen LogP contribution in [-0.2, 0) is 11.3 Å². The molecular formula is C18H17Cl2NO4. The smallest absolute Gasteiger partial charge is 0.260 e. The van der Waals surface area contributed by atoms with Gasteiger partial charge in [0.05, 0.1) is 10.0 Å². The normalized spacial score (nSPS) is 12.6. The van der Waals surface area contributed by atoms with Gasteiger partial charge in [-0.05, 0) is 29.8 Å². The maximum absolute atomic E-state index is 12.2. The van der Waals surface area contributed by atoms with E-state index in [9.17, 15) is 4.79 Å². The molecule has 5 nitrogen and oxygen atoms in total. The van der Waals surface area contributed by atoms with Gasteiger partial charge < -0.3 is 19.1 Å². The van der Waals surface area contributed by atoms with Crippen LogP contribution in [-0.4, -0.2) is 37.7 Å². The number of hydrogen-bond donors (Lipinski definition) is 0. The number of rotatable bonds is 5. The molecule has 0 fully saturated rings. The Morgan fingerprint density at radius 3 is 2.60 bits per heavy atom. The largest absolute Gasteiger partial charge is 0.486 e. The molecule has 7 heteroatoms. The molecule has 1 heterocycles. The summed E-state index contributed by atoms with van der Waals surface area (Å²) in [5, 5.41) is 0.826. The van der Waals surface area contributed by atoms with Gasteiger partial charge in [-0.25, -0.2) is 0 Å². The number of hydrogen-bond acceptors (Lipinski definition) is 4. The highest BCUT2D eigenvalue weighted by Crippen LogP contribution is 2.31. The van der Waals surface area contributed by atoms with Crippen molar-refractivity contribution in [2.75, 3.05) is 26.9 Å². The number of benzene rings is 2. The summed E-state index contributed by atoms with van der Waals surface area (Å²) in [7, 11) is 1.72. The van der Waals surface area contributed by atoms with Crippen molar-refractivity contribution in [2.45, 2.75) is 6.54 Å². The summed E-state index contributed by atoms with van der Waals surface area (Å²) in [6, 6.07) is 10.5. The lowest BCUT2D eigenvalue weighted by atomic mass is 10.2. The highest BCUT2D eigenvalue weighted by molar-refractivity contribution is 6.42. The van der Waals surface area contributed by atoms with Crippen molar-refractivity contribution in [2.24, 2.45) is 0 Å². The summed E-state index contributed by atoms with van der Waals surface area (Å²) in [6.07, 6.45) is 0. The molecule has 0 atom stereocenters. The Bertz CT molecular complexity index is 782. The Balaban J connectivity index is 1.56. The summed E-state index contributed by atoms with van der Waals surface area (Å²) in [4.78, 5) is 13.8. The molecule has 0 radical (unpaired) electrons. The van der Waals surface area contributed by atoms with E-state index in [4.69, 9.17) is 37.4 Å². The molecule has 3 rings (SSSR count). The van der Waals surface area contributed by atoms with Gasteiger partial charge in [0.1, 0.15) is 19.0 Å². The fraction of sp³-hybridized carbons (Fsp3) is 0.278. The van der Waals surface area contributed by atoms with Crippen LogP contribution >= 0.6 is 23.2 Å². The molecule has 2 aromatic rings. The van der Waals surface area contributed by atoms with Gasteiger partial charge in [0.2, 0.25) is 0 Å². The van der Waals surface area contributed by atoms with Crippen LogP contribution in [0.2, 0.25) is 10.0 Å². The molecule has 132 valence electrons. The first kappa shape index (κ1) is 17.7. The van der Waals surface area contributed by atoms with Crippen LogP contribution in [0.25, 0.3) is 0 Å². The monoisotopic (exact) mass is 381 g/mol. The number of likely N-dealkylation sites (N-methyl/N-ethyl adjacent to an activating group) is 1. The standard InChI is InChI=1S/C18H17Cl2NO4/c1-21(10-12-2-5-16-17(8-12)24-7-6-23-16)18(22)11-25-13-3-4-14(19)15(20)9-13/h2-5,8-9H,6-7,10-11H2,1H3. The van der Waals surface area contributed by atoms with Crippen molar-refractivity contribution < 1.29 is 19.0 Å². The number of carbonyl (C=O) groups excluding carboxylic acids is 1. The Kier molecular flexibility index (Phi) is 5.56. The molecule has 0 aromatic heterocycles. The van der Waals surface area contributed by atoms with Crippen molar-refractivity contribution in [3.63, 3.8) is 0 Å². The fourth-order valence-electron chi connectivity index (χ4n) is 2.37. The van der Waals surface area contributed by atoms with Crippen molar-refractivity contribution >= 4 is 29.1 Å². The molecule has 0 unspecified atom stereocenters. The number of carbonyl (C=O) groups is 1. The Morgan fingerprint density at radius 2 is 1.84 bits per heavy atom. The third-order valence-corrected chi connectivity index (χ3v) is 4.44. The molecule has 1 amide bonds. The van der Waals surface area contributed by atoms with Crippen LogP contribution in [0.3, 0.4) is 0 Å². The van der Waals surface area contributed by atoms with Gasteiger partial charge in [-0.1, -0.05) is 29.3 Å². The lowest BCUT2D eigenvalue weighted by Crippen LogP contribution is -2.31. The van der Waals surface area contributed by atoms with E-state index >= 15 is 0 Å². The van der Waals surface area contributed by atoms with E-state index in [1.165, 1.54) is 0 Å². The first-order chi connectivity index (χ1) is 12.0. The fourth-order valence-corrected chi connectivity index (χ4v) is 2.66. The van der Waals surface area contributed by atoms with E-state index in [0.717, 1.165) is 11.3 Å². The predicted molar refractivity (Wildman–Crippen MR) is 95.9 cm³/mol. The van der Waals surface area contributed by atoms with E-state index in [0.29, 0.717) is 41.3 Å². The number of amides is 1. The number of nitrogens with zero attached hydrogens (tertiary/aromatic N) is 1. The van der Waals surface area contributed by atoms with Gasteiger partial charge in [0.15, 0.2) is 18.1 Å². The molecule has 0 bridgehead atoms. The van der Waals surface area contributed by atoms with E-state index in [1.807, 2.05) is 18.2 Å². The van der Waals surface area contributed by atoms with E-state index in [1.54, 1.807) is 30.1 Å². The minimum absolute atomic E-state index is 0.0843. The van der Waals surface area contributed by atoms with Crippen LogP contribution in [0.4, 0.5) is 0 Å². The van der Waals surface area contributed by atoms with E-state index < -0.39 is 0 Å². The molecule has 0 aliphatic carbocycles. The van der Waals surface area contributed by atoms with Gasteiger partial charge in [0.25, 0.3) is 5.91 Å². The SMILES string of the molecule is CN(Cc1ccc2c(c1)OCCO2)C(=O)COc1ccc(Cl)c(Cl)c1. The Labute approximate surface area is 156 Å². The van der Waals surface area contributed by atoms with Crippen LogP contribution in [0.1, 0.15) is 5.56 Å². The summed E-state index contributed by atoms with van der Waals surface area (Å²) in [5.41, 5.74) is 0.953. The molecule has 0 saturated heterocycles. The van der Waals surface area contributed by atoms with Crippen molar-refractivity contribution in [1.82, 2.24) is 4.90 Å². The van der Waals surface area contributed by atoms with Crippen molar-refractivity contribution in [3.05, 3.63) is 52.0 Å². The van der Waals surface area contributed by atoms with Gasteiger partial charge in [0, 0.05) is 19.7 Å². The minimum atomic E-state index is -0.152. The zero-order valence-corrected chi connectivity index (χ0v) is 15.1. The summed E-state index contributed by atoms with van der Waals surface area (Å²) < 4.78 is 16.5. The number of fused-ring (bicyclic) bond motifs is 1. The zero-order valence-electron chi connectivity index (χ0n) is 13.6. The zero-order chi connectivity index (χ0) is 17.8. The third-order valence-electron chi connectivity index (χ3n) is 3.71. The number of halogens is 2. The summed E-state index contributed by atoms with van der Waals surface area (Å²) in [5.74, 6) is 1.78. The van der Waals surface area contributed by atoms with Gasteiger partial charge in [-0.3, -0.25) is 4.79 Å². The second-order valence-electron chi connectivity index (χ2n) is 5.59. The van der Waals surface area contributed by atoms with Crippen LogP contribution in [0.5, 0.6) is 17.2 Å². The van der Waals surface area contributed by atoms with Gasteiger partial charge in [-0.2, -0.15) is 0 Å². The lowest BCUT2D eigenvalue weighted by molar-refractivity contribution is -0.132. The average molecular weight is 382 g/mol. The third kappa shape index (κ3) is 4.50. The first-order valence-electron chi connectivity index (χ1n) is 7.73. The second-order valence-corrected chi connectivity index (χ2v) is 6.41. The average Bonchev–Trinajstić information content (AvgIpc) is 2.62. The molecule has 0 N–H and O–H groups in total. The predicted octanol–water partition coefficient (Wildman–Crippen LogP) is 3.80. The van der Waals surface area contributed by atoms with Crippen molar-refractivity contribution in [1.29, 1.82) is 0 Å². The summed E-state index contributed by atoms with van der Waals surface area (Å²) >= 11 is 11.8. The van der Waals surface area contributed by atoms with E-state index in [2.05, 4.69) is 0 Å². The van der Waals surface area contributed by atoms with E-state index in [-0.39, 0.29) is 12.5 Å². The molecular weight excluding hydrogens is 365 g/mol. The molecule has 0 spiro atoms. The highest BCUT2D eigenvalue weighted by Gasteiger charge is 2.15. The molecule has 1 aliphatic rings. The minimum Gasteiger partial charge on any atom is -0.486 e. The quantitative estimate of drug-likeness (QED) is 0.789. The Hall–Kier alpha value is -2.11. The Morgan fingerprint density at radius 1 is 1.08 bits per heavy atom. The first-order valence-corrected chi connectivity index (χ1v) is 8.49. The topological polar surface area (TPSA) is 48.0 Å². The molecule has 2 aromatic carbocycles. The summed E-state index contributed by atoms with van der Waals surface area (Å²) in [6.45, 7) is 1.44. The van der Waals surface area contributed by atoms with Gasteiger partial charge >= 0.3 is 0 Å². The number of ether oxygens (including phenoxy) is 3. The lowest BCUT2D eigenvalue weighted by Gasteiger charge is -2.21. The molecule has 25 heavy (non-hydrogen) atoms. The van der Waals surface area contributed by atoms with Crippen molar-refractivity contribution in [3.8, 4) is 17.2 Å². The van der Waals surface area contributed by atoms with Crippen LogP contribution in [0.15, 0.2) is 36.4 Å². The van der Waals surface area contributed by atoms with Gasteiger partial charge in [-0.15, -0.1) is 0 Å². The second kappa shape index (κ2) is 7.85. The maximum atomic E-state index is 12.2.